The number of rotatable bonds is 5. The Bertz CT molecular complexity index is 736. The molecule has 134 valence electrons. The zero-order valence-corrected chi connectivity index (χ0v) is 14.9. The highest BCUT2D eigenvalue weighted by molar-refractivity contribution is 5.95. The first-order chi connectivity index (χ1) is 12.1. The minimum atomic E-state index is -0.0616. The van der Waals surface area contributed by atoms with Crippen molar-refractivity contribution in [3.8, 4) is 5.88 Å². The summed E-state index contributed by atoms with van der Waals surface area (Å²) >= 11 is 0. The standard InChI is InChI=1S/C18H24N4O3/c1-4-24-17-10-16(19-11-20-17)22-7-5-14(6-8-22)21-18(23)15-9-12(2)25-13(15)3/h9-11,14H,4-8H2,1-3H3,(H,21,23). The average molecular weight is 344 g/mol. The third kappa shape index (κ3) is 4.10. The molecular weight excluding hydrogens is 320 g/mol. The Hall–Kier alpha value is -2.57. The zero-order valence-electron chi connectivity index (χ0n) is 14.9. The summed E-state index contributed by atoms with van der Waals surface area (Å²) in [6.45, 7) is 7.83. The number of nitrogens with zero attached hydrogens (tertiary/aromatic N) is 3. The number of aryl methyl sites for hydroxylation is 2. The van der Waals surface area contributed by atoms with Crippen molar-refractivity contribution in [2.24, 2.45) is 0 Å². The van der Waals surface area contributed by atoms with Gasteiger partial charge in [-0.15, -0.1) is 0 Å². The molecule has 1 fully saturated rings. The van der Waals surface area contributed by atoms with Crippen molar-refractivity contribution in [1.82, 2.24) is 15.3 Å². The number of nitrogens with one attached hydrogen (secondary N) is 1. The van der Waals surface area contributed by atoms with E-state index < -0.39 is 0 Å². The Labute approximate surface area is 147 Å². The minimum Gasteiger partial charge on any atom is -0.478 e. The first kappa shape index (κ1) is 17.3. The summed E-state index contributed by atoms with van der Waals surface area (Å²) < 4.78 is 10.9. The molecule has 0 saturated carbocycles. The van der Waals surface area contributed by atoms with Gasteiger partial charge in [-0.3, -0.25) is 4.79 Å². The molecule has 0 unspecified atom stereocenters. The van der Waals surface area contributed by atoms with Gasteiger partial charge in [-0.25, -0.2) is 9.97 Å². The Morgan fingerprint density at radius 3 is 2.72 bits per heavy atom. The van der Waals surface area contributed by atoms with E-state index in [4.69, 9.17) is 9.15 Å². The molecule has 0 spiro atoms. The number of carbonyl (C=O) groups is 1. The van der Waals surface area contributed by atoms with Crippen LogP contribution in [0.4, 0.5) is 5.82 Å². The van der Waals surface area contributed by atoms with E-state index in [9.17, 15) is 4.79 Å². The van der Waals surface area contributed by atoms with Gasteiger partial charge in [0.15, 0.2) is 0 Å². The number of furan rings is 1. The summed E-state index contributed by atoms with van der Waals surface area (Å²) in [5.74, 6) is 2.81. The van der Waals surface area contributed by atoms with Crippen molar-refractivity contribution in [2.75, 3.05) is 24.6 Å². The molecule has 3 rings (SSSR count). The van der Waals surface area contributed by atoms with Gasteiger partial charge in [0.05, 0.1) is 12.2 Å². The van der Waals surface area contributed by atoms with Gasteiger partial charge >= 0.3 is 0 Å². The summed E-state index contributed by atoms with van der Waals surface area (Å²) in [6, 6.07) is 3.81. The first-order valence-corrected chi connectivity index (χ1v) is 8.64. The third-order valence-electron chi connectivity index (χ3n) is 4.36. The van der Waals surface area contributed by atoms with E-state index in [1.165, 1.54) is 6.33 Å². The van der Waals surface area contributed by atoms with Crippen molar-refractivity contribution in [3.63, 3.8) is 0 Å². The Balaban J connectivity index is 1.56. The molecule has 3 heterocycles. The highest BCUT2D eigenvalue weighted by Gasteiger charge is 2.23. The normalized spacial score (nSPS) is 15.2. The molecule has 7 nitrogen and oxygen atoms in total. The molecule has 0 aromatic carbocycles. The van der Waals surface area contributed by atoms with Crippen molar-refractivity contribution in [2.45, 2.75) is 39.7 Å². The molecule has 0 atom stereocenters. The van der Waals surface area contributed by atoms with Crippen LogP contribution in [0.3, 0.4) is 0 Å². The second-order valence-corrected chi connectivity index (χ2v) is 6.21. The zero-order chi connectivity index (χ0) is 17.8. The maximum absolute atomic E-state index is 12.4. The van der Waals surface area contributed by atoms with Gasteiger partial charge in [0.2, 0.25) is 5.88 Å². The van der Waals surface area contributed by atoms with Crippen LogP contribution >= 0.6 is 0 Å². The molecule has 1 aliphatic rings. The molecule has 1 aliphatic heterocycles. The number of carbonyl (C=O) groups excluding carboxylic acids is 1. The number of ether oxygens (including phenoxy) is 1. The van der Waals surface area contributed by atoms with Crippen LogP contribution in [-0.2, 0) is 0 Å². The van der Waals surface area contributed by atoms with Crippen LogP contribution in [0, 0.1) is 13.8 Å². The number of hydrogen-bond acceptors (Lipinski definition) is 6. The molecule has 0 bridgehead atoms. The topological polar surface area (TPSA) is 80.5 Å². The van der Waals surface area contributed by atoms with Crippen LogP contribution in [0.25, 0.3) is 0 Å². The van der Waals surface area contributed by atoms with Gasteiger partial charge in [-0.05, 0) is 39.7 Å². The molecule has 0 aliphatic carbocycles. The molecular formula is C18H24N4O3. The van der Waals surface area contributed by atoms with Crippen LogP contribution in [0.15, 0.2) is 22.9 Å². The van der Waals surface area contributed by atoms with Crippen LogP contribution in [-0.4, -0.2) is 41.6 Å². The fraction of sp³-hybridized carbons (Fsp3) is 0.500. The molecule has 1 N–H and O–H groups in total. The van der Waals surface area contributed by atoms with E-state index in [0.29, 0.717) is 23.8 Å². The maximum atomic E-state index is 12.4. The van der Waals surface area contributed by atoms with Crippen LogP contribution in [0.1, 0.15) is 41.6 Å². The molecule has 2 aromatic rings. The number of piperidine rings is 1. The van der Waals surface area contributed by atoms with Crippen molar-refractivity contribution in [3.05, 3.63) is 35.5 Å². The van der Waals surface area contributed by atoms with Crippen molar-refractivity contribution in [1.29, 1.82) is 0 Å². The van der Waals surface area contributed by atoms with E-state index in [2.05, 4.69) is 20.2 Å². The fourth-order valence-corrected chi connectivity index (χ4v) is 3.10. The SMILES string of the molecule is CCOc1cc(N2CCC(NC(=O)c3cc(C)oc3C)CC2)ncn1. The van der Waals surface area contributed by atoms with Gasteiger partial charge in [0.1, 0.15) is 23.7 Å². The summed E-state index contributed by atoms with van der Waals surface area (Å²) in [6.07, 6.45) is 3.27. The number of aromatic nitrogens is 2. The fourth-order valence-electron chi connectivity index (χ4n) is 3.10. The second-order valence-electron chi connectivity index (χ2n) is 6.21. The minimum absolute atomic E-state index is 0.0616. The smallest absolute Gasteiger partial charge is 0.255 e. The summed E-state index contributed by atoms with van der Waals surface area (Å²) in [5, 5.41) is 3.11. The van der Waals surface area contributed by atoms with E-state index in [1.807, 2.05) is 26.8 Å². The lowest BCUT2D eigenvalue weighted by atomic mass is 10.0. The third-order valence-corrected chi connectivity index (χ3v) is 4.36. The molecule has 1 saturated heterocycles. The lowest BCUT2D eigenvalue weighted by molar-refractivity contribution is 0.0929. The molecule has 2 aromatic heterocycles. The van der Waals surface area contributed by atoms with Gasteiger partial charge in [0.25, 0.3) is 5.91 Å². The lowest BCUT2D eigenvalue weighted by Crippen LogP contribution is -2.45. The van der Waals surface area contributed by atoms with Crippen molar-refractivity contribution >= 4 is 11.7 Å². The van der Waals surface area contributed by atoms with E-state index >= 15 is 0 Å². The van der Waals surface area contributed by atoms with Gasteiger partial charge in [-0.1, -0.05) is 0 Å². The molecule has 7 heteroatoms. The second kappa shape index (κ2) is 7.55. The Morgan fingerprint density at radius 2 is 2.08 bits per heavy atom. The lowest BCUT2D eigenvalue weighted by Gasteiger charge is -2.33. The van der Waals surface area contributed by atoms with Crippen molar-refractivity contribution < 1.29 is 13.9 Å². The summed E-state index contributed by atoms with van der Waals surface area (Å²) in [7, 11) is 0. The molecule has 0 radical (unpaired) electrons. The number of hydrogen-bond donors (Lipinski definition) is 1. The van der Waals surface area contributed by atoms with Gasteiger partial charge in [-0.2, -0.15) is 0 Å². The van der Waals surface area contributed by atoms with E-state index in [-0.39, 0.29) is 11.9 Å². The van der Waals surface area contributed by atoms with Crippen LogP contribution in [0.2, 0.25) is 0 Å². The first-order valence-electron chi connectivity index (χ1n) is 8.64. The van der Waals surface area contributed by atoms with E-state index in [0.717, 1.165) is 37.5 Å². The highest BCUT2D eigenvalue weighted by Crippen LogP contribution is 2.21. The quantitative estimate of drug-likeness (QED) is 0.897. The largest absolute Gasteiger partial charge is 0.478 e. The van der Waals surface area contributed by atoms with Crippen LogP contribution < -0.4 is 15.0 Å². The highest BCUT2D eigenvalue weighted by atomic mass is 16.5. The predicted molar refractivity (Wildman–Crippen MR) is 94.1 cm³/mol. The van der Waals surface area contributed by atoms with Crippen LogP contribution in [0.5, 0.6) is 5.88 Å². The number of anilines is 1. The average Bonchev–Trinajstić information content (AvgIpc) is 2.95. The van der Waals surface area contributed by atoms with Gasteiger partial charge in [0, 0.05) is 25.2 Å². The number of amides is 1. The predicted octanol–water partition coefficient (Wildman–Crippen LogP) is 2.48. The monoisotopic (exact) mass is 344 g/mol. The molecule has 1 amide bonds. The Kier molecular flexibility index (Phi) is 5.21. The van der Waals surface area contributed by atoms with Gasteiger partial charge < -0.3 is 19.4 Å². The summed E-state index contributed by atoms with van der Waals surface area (Å²) in [5.41, 5.74) is 0.622. The maximum Gasteiger partial charge on any atom is 0.255 e. The Morgan fingerprint density at radius 1 is 1.32 bits per heavy atom. The van der Waals surface area contributed by atoms with E-state index in [1.54, 1.807) is 6.07 Å². The molecule has 25 heavy (non-hydrogen) atoms. The summed E-state index contributed by atoms with van der Waals surface area (Å²) in [4.78, 5) is 23.0.